The SMILES string of the molecule is COc1ccc(CN(C)C)cc1-c1ccc(O)c2c1C[C@@]1(C)C[C@@]3(C)C(C(C)C)=C(C)C(C(C)=O)C(=O)[C@@]3(O)C(=O)C1C2=O. The zero-order chi connectivity index (χ0) is 32.7. The minimum Gasteiger partial charge on any atom is -0.507 e. The van der Waals surface area contributed by atoms with Crippen LogP contribution in [0.4, 0.5) is 0 Å². The first-order valence-corrected chi connectivity index (χ1v) is 15.2. The maximum atomic E-state index is 14.6. The molecule has 1 saturated carbocycles. The van der Waals surface area contributed by atoms with Gasteiger partial charge in [0.25, 0.3) is 0 Å². The molecule has 8 nitrogen and oxygen atoms in total. The maximum Gasteiger partial charge on any atom is 0.192 e. The van der Waals surface area contributed by atoms with Crippen molar-refractivity contribution < 1.29 is 34.1 Å². The lowest BCUT2D eigenvalue weighted by molar-refractivity contribution is -0.183. The van der Waals surface area contributed by atoms with E-state index in [1.807, 2.05) is 58.0 Å². The van der Waals surface area contributed by atoms with Crippen molar-refractivity contribution in [1.29, 1.82) is 0 Å². The Hall–Kier alpha value is -3.62. The van der Waals surface area contributed by atoms with Gasteiger partial charge in [0.2, 0.25) is 0 Å². The molecule has 5 atom stereocenters. The van der Waals surface area contributed by atoms with E-state index in [2.05, 4.69) is 0 Å². The predicted octanol–water partition coefficient (Wildman–Crippen LogP) is 4.96. The average Bonchev–Trinajstić information content (AvgIpc) is 2.90. The van der Waals surface area contributed by atoms with Gasteiger partial charge in [0.05, 0.1) is 18.6 Å². The predicted molar refractivity (Wildman–Crippen MR) is 167 cm³/mol. The highest BCUT2D eigenvalue weighted by molar-refractivity contribution is 6.27. The van der Waals surface area contributed by atoms with E-state index in [9.17, 15) is 29.4 Å². The highest BCUT2D eigenvalue weighted by atomic mass is 16.5. The fraction of sp³-hybridized carbons (Fsp3) is 0.500. The number of carbonyl (C=O) groups excluding carboxylic acids is 4. The number of ether oxygens (including phenoxy) is 1. The second kappa shape index (κ2) is 10.5. The van der Waals surface area contributed by atoms with Gasteiger partial charge in [0.1, 0.15) is 23.2 Å². The first-order valence-electron chi connectivity index (χ1n) is 15.2. The van der Waals surface area contributed by atoms with E-state index in [0.29, 0.717) is 34.6 Å². The number of benzene rings is 2. The lowest BCUT2D eigenvalue weighted by atomic mass is 9.41. The molecule has 0 aromatic heterocycles. The zero-order valence-electron chi connectivity index (χ0n) is 27.1. The van der Waals surface area contributed by atoms with Crippen LogP contribution in [-0.2, 0) is 27.3 Å². The van der Waals surface area contributed by atoms with Gasteiger partial charge < -0.3 is 19.8 Å². The molecule has 0 heterocycles. The molecule has 0 radical (unpaired) electrons. The Morgan fingerprint density at radius 1 is 1.07 bits per heavy atom. The Kier molecular flexibility index (Phi) is 7.58. The molecule has 44 heavy (non-hydrogen) atoms. The normalized spacial score (nSPS) is 30.0. The Bertz CT molecular complexity index is 1650. The van der Waals surface area contributed by atoms with Crippen molar-refractivity contribution in [3.63, 3.8) is 0 Å². The molecule has 8 heteroatoms. The largest absolute Gasteiger partial charge is 0.507 e. The molecule has 3 aliphatic rings. The summed E-state index contributed by atoms with van der Waals surface area (Å²) in [7, 11) is 5.53. The van der Waals surface area contributed by atoms with Gasteiger partial charge in [0, 0.05) is 17.5 Å². The van der Waals surface area contributed by atoms with Gasteiger partial charge in [-0.05, 0) is 87.0 Å². The third kappa shape index (κ3) is 4.25. The van der Waals surface area contributed by atoms with Gasteiger partial charge in [-0.25, -0.2) is 0 Å². The number of allylic oxidation sites excluding steroid dienone is 1. The summed E-state index contributed by atoms with van der Waals surface area (Å²) >= 11 is 0. The molecule has 0 amide bonds. The van der Waals surface area contributed by atoms with Crippen LogP contribution in [0.25, 0.3) is 11.1 Å². The highest BCUT2D eigenvalue weighted by Gasteiger charge is 2.73. The second-order valence-corrected chi connectivity index (χ2v) is 14.1. The molecule has 5 rings (SSSR count). The molecule has 1 fully saturated rings. The van der Waals surface area contributed by atoms with E-state index >= 15 is 0 Å². The summed E-state index contributed by atoms with van der Waals surface area (Å²) in [5.74, 6) is -5.29. The highest BCUT2D eigenvalue weighted by Crippen LogP contribution is 2.64. The van der Waals surface area contributed by atoms with Crippen molar-refractivity contribution in [3.8, 4) is 22.6 Å². The summed E-state index contributed by atoms with van der Waals surface area (Å²) in [5.41, 5.74) is -0.476. The van der Waals surface area contributed by atoms with E-state index in [4.69, 9.17) is 4.74 Å². The number of carbonyl (C=O) groups is 4. The monoisotopic (exact) mass is 601 g/mol. The van der Waals surface area contributed by atoms with Crippen LogP contribution in [0, 0.1) is 28.6 Å². The number of methoxy groups -OCH3 is 1. The van der Waals surface area contributed by atoms with Gasteiger partial charge in [-0.15, -0.1) is 0 Å². The van der Waals surface area contributed by atoms with E-state index < -0.39 is 51.4 Å². The van der Waals surface area contributed by atoms with Gasteiger partial charge in [-0.2, -0.15) is 0 Å². The summed E-state index contributed by atoms with van der Waals surface area (Å²) in [6.45, 7) is 11.2. The first-order chi connectivity index (χ1) is 20.4. The van der Waals surface area contributed by atoms with Crippen molar-refractivity contribution in [1.82, 2.24) is 4.90 Å². The molecular formula is C36H43NO7. The number of nitrogens with zero attached hydrogens (tertiary/aromatic N) is 1. The number of hydrogen-bond donors (Lipinski definition) is 2. The molecule has 234 valence electrons. The Morgan fingerprint density at radius 2 is 1.73 bits per heavy atom. The Balaban J connectivity index is 1.76. The Labute approximate surface area is 259 Å². The van der Waals surface area contributed by atoms with Crippen LogP contribution in [0.2, 0.25) is 0 Å². The summed E-state index contributed by atoms with van der Waals surface area (Å²) in [6.07, 6.45) is 0.405. The van der Waals surface area contributed by atoms with Crippen molar-refractivity contribution in [2.45, 2.75) is 66.5 Å². The van der Waals surface area contributed by atoms with Gasteiger partial charge >= 0.3 is 0 Å². The number of phenols is 1. The molecule has 0 bridgehead atoms. The van der Waals surface area contributed by atoms with Crippen molar-refractivity contribution in [3.05, 3.63) is 58.2 Å². The van der Waals surface area contributed by atoms with E-state index in [0.717, 1.165) is 11.1 Å². The number of fused-ring (bicyclic) bond motifs is 3. The molecule has 0 saturated heterocycles. The third-order valence-electron chi connectivity index (χ3n) is 10.4. The van der Waals surface area contributed by atoms with Crippen LogP contribution in [0.15, 0.2) is 41.5 Å². The molecular weight excluding hydrogens is 558 g/mol. The van der Waals surface area contributed by atoms with E-state index in [1.165, 1.54) is 13.0 Å². The molecule has 2 aromatic carbocycles. The van der Waals surface area contributed by atoms with Crippen LogP contribution >= 0.6 is 0 Å². The summed E-state index contributed by atoms with van der Waals surface area (Å²) in [5, 5.41) is 23.4. The van der Waals surface area contributed by atoms with Crippen LogP contribution in [0.3, 0.4) is 0 Å². The second-order valence-electron chi connectivity index (χ2n) is 14.1. The minimum atomic E-state index is -2.56. The smallest absolute Gasteiger partial charge is 0.192 e. The molecule has 2 aromatic rings. The van der Waals surface area contributed by atoms with E-state index in [-0.39, 0.29) is 30.1 Å². The number of Topliss-reactive ketones (excluding diaryl/α,β-unsaturated/α-hetero) is 4. The molecule has 3 aliphatic carbocycles. The average molecular weight is 602 g/mol. The van der Waals surface area contributed by atoms with Gasteiger partial charge in [0.15, 0.2) is 23.0 Å². The molecule has 0 spiro atoms. The minimum absolute atomic E-state index is 0.0211. The molecule has 2 unspecified atom stereocenters. The number of phenolic OH excluding ortho intramolecular Hbond substituents is 1. The Morgan fingerprint density at radius 3 is 2.30 bits per heavy atom. The van der Waals surface area contributed by atoms with Crippen LogP contribution in [-0.4, -0.2) is 65.1 Å². The summed E-state index contributed by atoms with van der Waals surface area (Å²) < 4.78 is 5.73. The number of aromatic hydroxyl groups is 1. The first kappa shape index (κ1) is 31.8. The topological polar surface area (TPSA) is 121 Å². The maximum absolute atomic E-state index is 14.6. The number of aliphatic hydroxyl groups is 1. The van der Waals surface area contributed by atoms with E-state index in [1.54, 1.807) is 27.0 Å². The molecule has 0 aliphatic heterocycles. The van der Waals surface area contributed by atoms with Crippen molar-refractivity contribution in [2.75, 3.05) is 21.2 Å². The molecule has 2 N–H and O–H groups in total. The lowest BCUT2D eigenvalue weighted by Gasteiger charge is -2.60. The van der Waals surface area contributed by atoms with Crippen LogP contribution < -0.4 is 4.74 Å². The van der Waals surface area contributed by atoms with Crippen LogP contribution in [0.1, 0.15) is 69.4 Å². The van der Waals surface area contributed by atoms with Crippen molar-refractivity contribution >= 4 is 23.1 Å². The fourth-order valence-electron chi connectivity index (χ4n) is 9.02. The number of hydrogen-bond acceptors (Lipinski definition) is 8. The standard InChI is InChI=1S/C36H43NO7/c1-18(2)29-19(3)27(20(4)38)32(41)36(43)33(42)30-31(40)28-24(15-34(30,5)17-35(29,36)6)22(11-12-25(28)39)23-14-21(16-37(7)8)10-13-26(23)44-9/h10-14,18,27,30,39,43H,15-17H2,1-9H3/t27?,30?,34-,35-,36+/m0/s1. The summed E-state index contributed by atoms with van der Waals surface area (Å²) in [6, 6.07) is 9.10. The van der Waals surface area contributed by atoms with Gasteiger partial charge in [-0.3, -0.25) is 19.2 Å². The van der Waals surface area contributed by atoms with Gasteiger partial charge in [-0.1, -0.05) is 51.0 Å². The number of rotatable bonds is 6. The lowest BCUT2D eigenvalue weighted by Crippen LogP contribution is -2.73. The zero-order valence-corrected chi connectivity index (χ0v) is 27.1. The quantitative estimate of drug-likeness (QED) is 0.352. The number of ketones is 4. The third-order valence-corrected chi connectivity index (χ3v) is 10.4. The van der Waals surface area contributed by atoms with Crippen LogP contribution in [0.5, 0.6) is 11.5 Å². The fourth-order valence-corrected chi connectivity index (χ4v) is 9.02. The summed E-state index contributed by atoms with van der Waals surface area (Å²) in [4.78, 5) is 57.9. The van der Waals surface area contributed by atoms with Crippen molar-refractivity contribution in [2.24, 2.45) is 28.6 Å².